The van der Waals surface area contributed by atoms with Crippen LogP contribution in [0.25, 0.3) is 0 Å². The summed E-state index contributed by atoms with van der Waals surface area (Å²) in [6.45, 7) is 0. The van der Waals surface area contributed by atoms with Gasteiger partial charge in [-0.15, -0.1) is 0 Å². The summed E-state index contributed by atoms with van der Waals surface area (Å²) in [5.41, 5.74) is 6.46. The Morgan fingerprint density at radius 3 is 2.58 bits per heavy atom. The Balaban J connectivity index is 2.25. The van der Waals surface area contributed by atoms with E-state index < -0.39 is 6.23 Å². The molecule has 0 saturated carbocycles. The molecule has 1 rings (SSSR count). The Morgan fingerprint density at radius 1 is 1.33 bits per heavy atom. The Morgan fingerprint density at radius 2 is 2.00 bits per heavy atom. The normalized spacial score (nSPS) is 12.8. The summed E-state index contributed by atoms with van der Waals surface area (Å²) in [5.74, 6) is 1.50. The molecule has 1 aromatic rings. The van der Waals surface area contributed by atoms with Crippen LogP contribution in [0.1, 0.15) is 5.56 Å². The summed E-state index contributed by atoms with van der Waals surface area (Å²) in [6.07, 6.45) is -0.696. The number of benzene rings is 1. The first-order valence-corrected chi connectivity index (χ1v) is 5.00. The van der Waals surface area contributed by atoms with Gasteiger partial charge in [-0.3, -0.25) is 0 Å². The average Bonchev–Trinajstić information content (AvgIpc) is 2.05. The van der Waals surface area contributed by atoms with Crippen LogP contribution in [0, 0.1) is 0 Å². The molecular formula is C9H13NOS. The summed E-state index contributed by atoms with van der Waals surface area (Å²) >= 11 is 1.64. The summed E-state index contributed by atoms with van der Waals surface area (Å²) in [4.78, 5) is 0. The molecule has 3 N–H and O–H groups in total. The van der Waals surface area contributed by atoms with Crippen LogP contribution >= 0.6 is 11.8 Å². The second-order valence-electron chi connectivity index (χ2n) is 2.57. The largest absolute Gasteiger partial charge is 0.378 e. The Kier molecular flexibility index (Phi) is 4.14. The predicted octanol–water partition coefficient (Wildman–Crippen LogP) is 1.20. The molecule has 0 aliphatic rings. The molecule has 0 heterocycles. The van der Waals surface area contributed by atoms with Gasteiger partial charge in [0.25, 0.3) is 0 Å². The molecule has 0 aliphatic carbocycles. The van der Waals surface area contributed by atoms with E-state index in [2.05, 4.69) is 12.1 Å². The van der Waals surface area contributed by atoms with Crippen molar-refractivity contribution in [2.24, 2.45) is 5.73 Å². The van der Waals surface area contributed by atoms with Crippen LogP contribution < -0.4 is 5.73 Å². The standard InChI is InChI=1S/C9H13NOS/c10-9(11)7-12-6-8-4-2-1-3-5-8/h1-5,9,11H,6-7,10H2/t9-/m1/s1. The molecule has 0 aliphatic heterocycles. The predicted molar refractivity (Wildman–Crippen MR) is 52.8 cm³/mol. The zero-order valence-corrected chi connectivity index (χ0v) is 7.63. The third-order valence-corrected chi connectivity index (χ3v) is 2.51. The van der Waals surface area contributed by atoms with Gasteiger partial charge in [-0.1, -0.05) is 30.3 Å². The van der Waals surface area contributed by atoms with Gasteiger partial charge >= 0.3 is 0 Å². The van der Waals surface area contributed by atoms with Gasteiger partial charge < -0.3 is 10.8 Å². The highest BCUT2D eigenvalue weighted by Gasteiger charge is 1.96. The molecule has 66 valence electrons. The van der Waals surface area contributed by atoms with Crippen molar-refractivity contribution in [3.8, 4) is 0 Å². The van der Waals surface area contributed by atoms with Crippen LogP contribution in [-0.2, 0) is 5.75 Å². The first-order valence-electron chi connectivity index (χ1n) is 3.84. The fourth-order valence-electron chi connectivity index (χ4n) is 0.872. The second-order valence-corrected chi connectivity index (χ2v) is 3.60. The lowest BCUT2D eigenvalue weighted by Crippen LogP contribution is -2.21. The van der Waals surface area contributed by atoms with Crippen molar-refractivity contribution < 1.29 is 5.11 Å². The van der Waals surface area contributed by atoms with Crippen molar-refractivity contribution in [1.82, 2.24) is 0 Å². The monoisotopic (exact) mass is 183 g/mol. The van der Waals surface area contributed by atoms with Gasteiger partial charge in [-0.2, -0.15) is 11.8 Å². The number of thioether (sulfide) groups is 1. The number of nitrogens with two attached hydrogens (primary N) is 1. The molecule has 3 heteroatoms. The van der Waals surface area contributed by atoms with Crippen molar-refractivity contribution in [3.05, 3.63) is 35.9 Å². The minimum Gasteiger partial charge on any atom is -0.378 e. The first-order chi connectivity index (χ1) is 5.79. The maximum absolute atomic E-state index is 8.79. The topological polar surface area (TPSA) is 46.2 Å². The smallest absolute Gasteiger partial charge is 0.111 e. The molecule has 0 bridgehead atoms. The minimum absolute atomic E-state index is 0.592. The molecule has 0 unspecified atom stereocenters. The minimum atomic E-state index is -0.696. The summed E-state index contributed by atoms with van der Waals surface area (Å²) < 4.78 is 0. The highest BCUT2D eigenvalue weighted by atomic mass is 32.2. The van der Waals surface area contributed by atoms with Crippen molar-refractivity contribution in [1.29, 1.82) is 0 Å². The molecule has 0 spiro atoms. The molecule has 0 aromatic heterocycles. The van der Waals surface area contributed by atoms with Gasteiger partial charge in [-0.25, -0.2) is 0 Å². The van der Waals surface area contributed by atoms with E-state index in [1.54, 1.807) is 11.8 Å². The number of aliphatic hydroxyl groups is 1. The maximum Gasteiger partial charge on any atom is 0.111 e. The SMILES string of the molecule is N[C@H](O)CSCc1ccccc1. The van der Waals surface area contributed by atoms with Crippen LogP contribution in [-0.4, -0.2) is 17.1 Å². The third kappa shape index (κ3) is 3.76. The lowest BCUT2D eigenvalue weighted by molar-refractivity contribution is 0.208. The highest BCUT2D eigenvalue weighted by Crippen LogP contribution is 2.11. The fraction of sp³-hybridized carbons (Fsp3) is 0.333. The lowest BCUT2D eigenvalue weighted by atomic mass is 10.2. The van der Waals surface area contributed by atoms with Gasteiger partial charge in [0.05, 0.1) is 0 Å². The molecular weight excluding hydrogens is 170 g/mol. The van der Waals surface area contributed by atoms with E-state index in [0.29, 0.717) is 5.75 Å². The molecule has 0 fully saturated rings. The number of hydrogen-bond acceptors (Lipinski definition) is 3. The molecule has 1 aromatic carbocycles. The van der Waals surface area contributed by atoms with E-state index >= 15 is 0 Å². The van der Waals surface area contributed by atoms with Crippen LogP contribution in [0.5, 0.6) is 0 Å². The van der Waals surface area contributed by atoms with Crippen molar-refractivity contribution in [2.45, 2.75) is 12.0 Å². The summed E-state index contributed by atoms with van der Waals surface area (Å²) in [6, 6.07) is 10.1. The van der Waals surface area contributed by atoms with Gasteiger partial charge in [0.2, 0.25) is 0 Å². The van der Waals surface area contributed by atoms with E-state index in [9.17, 15) is 0 Å². The summed E-state index contributed by atoms with van der Waals surface area (Å²) in [7, 11) is 0. The first kappa shape index (κ1) is 9.58. The van der Waals surface area contributed by atoms with Crippen molar-refractivity contribution in [2.75, 3.05) is 5.75 Å². The van der Waals surface area contributed by atoms with Crippen LogP contribution in [0.4, 0.5) is 0 Å². The van der Waals surface area contributed by atoms with E-state index in [-0.39, 0.29) is 0 Å². The molecule has 1 atom stereocenters. The van der Waals surface area contributed by atoms with Gasteiger partial charge in [0.1, 0.15) is 6.23 Å². The van der Waals surface area contributed by atoms with Gasteiger partial charge in [-0.05, 0) is 5.56 Å². The van der Waals surface area contributed by atoms with Gasteiger partial charge in [0.15, 0.2) is 0 Å². The quantitative estimate of drug-likeness (QED) is 0.689. The second kappa shape index (κ2) is 5.19. The third-order valence-electron chi connectivity index (χ3n) is 1.40. The van der Waals surface area contributed by atoms with E-state index in [0.717, 1.165) is 5.75 Å². The van der Waals surface area contributed by atoms with E-state index in [1.807, 2.05) is 18.2 Å². The summed E-state index contributed by atoms with van der Waals surface area (Å²) in [5, 5.41) is 8.79. The average molecular weight is 183 g/mol. The highest BCUT2D eigenvalue weighted by molar-refractivity contribution is 7.98. The molecule has 0 amide bonds. The van der Waals surface area contributed by atoms with Crippen LogP contribution in [0.3, 0.4) is 0 Å². The Labute approximate surface area is 76.8 Å². The van der Waals surface area contributed by atoms with E-state index in [1.165, 1.54) is 5.56 Å². The molecule has 12 heavy (non-hydrogen) atoms. The fourth-order valence-corrected chi connectivity index (χ4v) is 1.66. The zero-order chi connectivity index (χ0) is 8.81. The Bertz CT molecular complexity index is 213. The van der Waals surface area contributed by atoms with Crippen molar-refractivity contribution in [3.63, 3.8) is 0 Å². The number of rotatable bonds is 4. The van der Waals surface area contributed by atoms with Crippen LogP contribution in [0.2, 0.25) is 0 Å². The maximum atomic E-state index is 8.79. The molecule has 0 saturated heterocycles. The molecule has 2 nitrogen and oxygen atoms in total. The Hall–Kier alpha value is -0.510. The number of hydrogen-bond donors (Lipinski definition) is 2. The lowest BCUT2D eigenvalue weighted by Gasteiger charge is -2.03. The zero-order valence-electron chi connectivity index (χ0n) is 6.81. The molecule has 0 radical (unpaired) electrons. The van der Waals surface area contributed by atoms with Crippen LogP contribution in [0.15, 0.2) is 30.3 Å². The van der Waals surface area contributed by atoms with E-state index in [4.69, 9.17) is 10.8 Å². The van der Waals surface area contributed by atoms with Gasteiger partial charge in [0, 0.05) is 11.5 Å². The van der Waals surface area contributed by atoms with Crippen molar-refractivity contribution >= 4 is 11.8 Å². The number of aliphatic hydroxyl groups excluding tert-OH is 1.